The Balaban J connectivity index is 0. The van der Waals surface area contributed by atoms with Gasteiger partial charge in [0.05, 0.1) is 11.5 Å². The van der Waals surface area contributed by atoms with Gasteiger partial charge in [-0.25, -0.2) is 4.99 Å². The first-order chi connectivity index (χ1) is 11.3. The molecule has 0 aliphatic carbocycles. The lowest BCUT2D eigenvalue weighted by molar-refractivity contribution is 0.478. The summed E-state index contributed by atoms with van der Waals surface area (Å²) in [7, 11) is 0. The number of hydrogen-bond acceptors (Lipinski definition) is 4. The minimum atomic E-state index is 0.157. The molecular weight excluding hydrogens is 368 g/mol. The molecular formula is C18H31BrN4O. The van der Waals surface area contributed by atoms with Crippen molar-refractivity contribution in [1.29, 1.82) is 0 Å². The van der Waals surface area contributed by atoms with Gasteiger partial charge in [0.1, 0.15) is 5.75 Å². The highest BCUT2D eigenvalue weighted by Gasteiger charge is 2.03. The third kappa shape index (κ3) is 10.7. The summed E-state index contributed by atoms with van der Waals surface area (Å²) in [6.45, 7) is 15.3. The Bertz CT molecular complexity index is 534. The molecule has 0 aliphatic rings. The summed E-state index contributed by atoms with van der Waals surface area (Å²) in [5.74, 6) is 0.693. The first-order valence-electron chi connectivity index (χ1n) is 7.97. The Morgan fingerprint density at radius 2 is 1.88 bits per heavy atom. The first kappa shape index (κ1) is 24.3. The van der Waals surface area contributed by atoms with Crippen molar-refractivity contribution in [3.05, 3.63) is 41.5 Å². The molecule has 0 atom stereocenters. The Morgan fingerprint density at radius 3 is 2.25 bits per heavy atom. The summed E-state index contributed by atoms with van der Waals surface area (Å²) in [5.41, 5.74) is 12.2. The van der Waals surface area contributed by atoms with Gasteiger partial charge in [0.15, 0.2) is 0 Å². The van der Waals surface area contributed by atoms with E-state index in [0.717, 1.165) is 23.3 Å². The predicted octanol–water partition coefficient (Wildman–Crippen LogP) is 4.63. The number of rotatable bonds is 5. The molecule has 0 unspecified atom stereocenters. The molecule has 0 bridgehead atoms. The lowest BCUT2D eigenvalue weighted by Crippen LogP contribution is -2.21. The van der Waals surface area contributed by atoms with Gasteiger partial charge in [-0.2, -0.15) is 0 Å². The number of nitrogens with two attached hydrogens (primary N) is 2. The first-order valence-corrected chi connectivity index (χ1v) is 8.76. The quantitative estimate of drug-likeness (QED) is 0.221. The zero-order chi connectivity index (χ0) is 19.1. The summed E-state index contributed by atoms with van der Waals surface area (Å²) in [4.78, 5) is 5.96. The molecule has 0 saturated carbocycles. The van der Waals surface area contributed by atoms with Crippen LogP contribution in [0.3, 0.4) is 0 Å². The van der Waals surface area contributed by atoms with E-state index in [9.17, 15) is 5.11 Å². The van der Waals surface area contributed by atoms with Gasteiger partial charge in [0, 0.05) is 35.5 Å². The Kier molecular flexibility index (Phi) is 14.8. The Labute approximate surface area is 154 Å². The largest absolute Gasteiger partial charge is 0.506 e. The number of aliphatic imine (C=N–C) groups is 1. The summed E-state index contributed by atoms with van der Waals surface area (Å²) >= 11 is 3.19. The van der Waals surface area contributed by atoms with E-state index in [-0.39, 0.29) is 5.75 Å². The third-order valence-corrected chi connectivity index (χ3v) is 3.26. The van der Waals surface area contributed by atoms with Crippen LogP contribution in [-0.2, 0) is 0 Å². The second-order valence-corrected chi connectivity index (χ2v) is 5.32. The van der Waals surface area contributed by atoms with Crippen molar-refractivity contribution >= 4 is 33.1 Å². The van der Waals surface area contributed by atoms with Crippen LogP contribution in [0.5, 0.6) is 5.75 Å². The Morgan fingerprint density at radius 1 is 1.33 bits per heavy atom. The number of phenols is 1. The maximum atomic E-state index is 9.39. The van der Waals surface area contributed by atoms with Crippen LogP contribution in [0.25, 0.3) is 0 Å². The summed E-state index contributed by atoms with van der Waals surface area (Å²) in [5, 5.41) is 9.39. The molecule has 5 nitrogen and oxygen atoms in total. The van der Waals surface area contributed by atoms with Gasteiger partial charge in [-0.15, -0.1) is 0 Å². The topological polar surface area (TPSA) is 87.9 Å². The molecule has 5 N–H and O–H groups in total. The number of allylic oxidation sites excluding steroid dienone is 2. The summed E-state index contributed by atoms with van der Waals surface area (Å²) < 4.78 is 0.826. The highest BCUT2D eigenvalue weighted by atomic mass is 79.9. The van der Waals surface area contributed by atoms with Crippen LogP contribution in [0, 0.1) is 0 Å². The SMILES string of the molecule is C=C/C(Br)=C\N=C(C)N.CC.CCN(CC)c1ccc(N)c(O)c1. The van der Waals surface area contributed by atoms with Gasteiger partial charge in [-0.1, -0.05) is 26.5 Å². The third-order valence-electron chi connectivity index (χ3n) is 2.73. The molecule has 0 amide bonds. The van der Waals surface area contributed by atoms with Crippen LogP contribution in [0.1, 0.15) is 34.6 Å². The molecule has 1 rings (SSSR count). The van der Waals surface area contributed by atoms with E-state index in [0.29, 0.717) is 11.5 Å². The van der Waals surface area contributed by atoms with E-state index in [1.54, 1.807) is 31.3 Å². The van der Waals surface area contributed by atoms with Crippen LogP contribution in [0.15, 0.2) is 46.5 Å². The maximum absolute atomic E-state index is 9.39. The van der Waals surface area contributed by atoms with E-state index in [1.807, 2.05) is 19.9 Å². The molecule has 1 aromatic carbocycles. The lowest BCUT2D eigenvalue weighted by atomic mass is 10.2. The number of aromatic hydroxyl groups is 1. The molecule has 0 spiro atoms. The second kappa shape index (κ2) is 14.6. The molecule has 0 fully saturated rings. The minimum absolute atomic E-state index is 0.157. The molecule has 0 radical (unpaired) electrons. The second-order valence-electron chi connectivity index (χ2n) is 4.40. The minimum Gasteiger partial charge on any atom is -0.506 e. The highest BCUT2D eigenvalue weighted by molar-refractivity contribution is 9.11. The van der Waals surface area contributed by atoms with E-state index in [2.05, 4.69) is 46.2 Å². The van der Waals surface area contributed by atoms with Gasteiger partial charge >= 0.3 is 0 Å². The van der Waals surface area contributed by atoms with Crippen molar-refractivity contribution in [2.45, 2.75) is 34.6 Å². The zero-order valence-corrected chi connectivity index (χ0v) is 17.0. The lowest BCUT2D eigenvalue weighted by Gasteiger charge is -2.21. The number of benzene rings is 1. The summed E-state index contributed by atoms with van der Waals surface area (Å²) in [6.07, 6.45) is 3.24. The van der Waals surface area contributed by atoms with Crippen LogP contribution in [-0.4, -0.2) is 24.0 Å². The number of halogens is 1. The van der Waals surface area contributed by atoms with Crippen LogP contribution in [0.4, 0.5) is 11.4 Å². The van der Waals surface area contributed by atoms with Gasteiger partial charge in [-0.3, -0.25) is 0 Å². The number of amidine groups is 1. The molecule has 24 heavy (non-hydrogen) atoms. The number of nitrogen functional groups attached to an aromatic ring is 1. The number of nitrogens with zero attached hydrogens (tertiary/aromatic N) is 2. The van der Waals surface area contributed by atoms with E-state index in [1.165, 1.54) is 0 Å². The molecule has 0 aromatic heterocycles. The fourth-order valence-electron chi connectivity index (χ4n) is 1.53. The van der Waals surface area contributed by atoms with E-state index >= 15 is 0 Å². The van der Waals surface area contributed by atoms with Gasteiger partial charge in [0.2, 0.25) is 0 Å². The van der Waals surface area contributed by atoms with Gasteiger partial charge in [-0.05, 0) is 48.8 Å². The van der Waals surface area contributed by atoms with Crippen LogP contribution in [0.2, 0.25) is 0 Å². The average molecular weight is 399 g/mol. The van der Waals surface area contributed by atoms with Crippen molar-refractivity contribution in [3.8, 4) is 5.75 Å². The predicted molar refractivity (Wildman–Crippen MR) is 112 cm³/mol. The van der Waals surface area contributed by atoms with Crippen LogP contribution >= 0.6 is 15.9 Å². The standard InChI is InChI=1S/C10H16N2O.C6H9BrN2.C2H6/c1-3-12(4-2)8-5-6-9(11)10(13)7-8;1-3-6(7)4-9-5(2)8;1-2/h5-7,13H,3-4,11H2,1-2H3;3-4H,1H2,2H3,(H2,8,9);1-2H3/b;6-4+;. The molecule has 0 heterocycles. The molecule has 1 aromatic rings. The van der Waals surface area contributed by atoms with E-state index < -0.39 is 0 Å². The fourth-order valence-corrected chi connectivity index (χ4v) is 1.64. The van der Waals surface area contributed by atoms with Crippen molar-refractivity contribution in [2.75, 3.05) is 23.7 Å². The molecule has 6 heteroatoms. The number of phenolic OH excluding ortho intramolecular Hbond substituents is 1. The number of hydrogen-bond donors (Lipinski definition) is 3. The van der Waals surface area contributed by atoms with Crippen molar-refractivity contribution < 1.29 is 5.11 Å². The van der Waals surface area contributed by atoms with Crippen molar-refractivity contribution in [2.24, 2.45) is 10.7 Å². The monoisotopic (exact) mass is 398 g/mol. The van der Waals surface area contributed by atoms with Crippen molar-refractivity contribution in [1.82, 2.24) is 0 Å². The normalized spacial score (nSPS) is 10.8. The summed E-state index contributed by atoms with van der Waals surface area (Å²) in [6, 6.07) is 5.34. The van der Waals surface area contributed by atoms with Crippen molar-refractivity contribution in [3.63, 3.8) is 0 Å². The maximum Gasteiger partial charge on any atom is 0.140 e. The number of anilines is 2. The Hall–Kier alpha value is -1.95. The van der Waals surface area contributed by atoms with Crippen LogP contribution < -0.4 is 16.4 Å². The molecule has 136 valence electrons. The highest BCUT2D eigenvalue weighted by Crippen LogP contribution is 2.25. The molecule has 0 saturated heterocycles. The zero-order valence-electron chi connectivity index (χ0n) is 15.4. The van der Waals surface area contributed by atoms with Gasteiger partial charge in [0.25, 0.3) is 0 Å². The van der Waals surface area contributed by atoms with Gasteiger partial charge < -0.3 is 21.5 Å². The fraction of sp³-hybridized carbons (Fsp3) is 0.389. The molecule has 0 aliphatic heterocycles. The smallest absolute Gasteiger partial charge is 0.140 e. The van der Waals surface area contributed by atoms with E-state index in [4.69, 9.17) is 11.5 Å². The average Bonchev–Trinajstić information content (AvgIpc) is 2.59.